The van der Waals surface area contributed by atoms with Crippen molar-refractivity contribution in [2.45, 2.75) is 25.3 Å². The topological polar surface area (TPSA) is 28.5 Å². The van der Waals surface area contributed by atoms with Gasteiger partial charge in [0.15, 0.2) is 0 Å². The minimum absolute atomic E-state index is 0.118. The van der Waals surface area contributed by atoms with Gasteiger partial charge >= 0.3 is 0 Å². The third kappa shape index (κ3) is 3.10. The molecular weight excluding hydrogens is 353 g/mol. The van der Waals surface area contributed by atoms with Crippen LogP contribution < -0.4 is 0 Å². The van der Waals surface area contributed by atoms with Crippen LogP contribution in [-0.4, -0.2) is 52.5 Å². The number of likely N-dealkylation sites (tertiary alicyclic amines) is 2. The molecule has 0 unspecified atom stereocenters. The molecule has 2 aliphatic heterocycles. The first-order valence-corrected chi connectivity index (χ1v) is 10.1. The van der Waals surface area contributed by atoms with Gasteiger partial charge in [-0.05, 0) is 80.9 Å². The summed E-state index contributed by atoms with van der Waals surface area (Å²) in [4.78, 5) is 17.4. The second-order valence-electron chi connectivity index (χ2n) is 7.87. The Morgan fingerprint density at radius 1 is 0.964 bits per heavy atom. The van der Waals surface area contributed by atoms with Crippen molar-refractivity contribution in [1.82, 2.24) is 14.4 Å². The highest BCUT2D eigenvalue weighted by Crippen LogP contribution is 2.24. The van der Waals surface area contributed by atoms with Crippen LogP contribution in [0.15, 0.2) is 54.7 Å². The number of nitrogens with zero attached hydrogens (tertiary/aromatic N) is 3. The highest BCUT2D eigenvalue weighted by molar-refractivity contribution is 5.94. The molecule has 2 saturated heterocycles. The maximum absolute atomic E-state index is 13.4. The molecule has 0 spiro atoms. The fourth-order valence-corrected chi connectivity index (χ4v) is 4.62. The number of fused-ring (bicyclic) bond motifs is 1. The average molecular weight is 377 g/mol. The molecule has 1 aromatic heterocycles. The van der Waals surface area contributed by atoms with E-state index in [1.165, 1.54) is 38.1 Å². The predicted octanol–water partition coefficient (Wildman–Crippen LogP) is 4.08. The van der Waals surface area contributed by atoms with Crippen molar-refractivity contribution in [3.05, 3.63) is 66.1 Å². The van der Waals surface area contributed by atoms with E-state index in [1.54, 1.807) is 6.07 Å². The Morgan fingerprint density at radius 2 is 1.75 bits per heavy atom. The molecule has 144 valence electrons. The number of carbonyl (C=O) groups excluding carboxylic acids is 1. The minimum Gasteiger partial charge on any atom is -0.337 e. The minimum atomic E-state index is -0.232. The molecule has 0 N–H and O–H groups in total. The van der Waals surface area contributed by atoms with E-state index in [2.05, 4.69) is 4.90 Å². The Morgan fingerprint density at radius 3 is 2.54 bits per heavy atom. The van der Waals surface area contributed by atoms with Gasteiger partial charge in [0.05, 0.1) is 5.52 Å². The zero-order valence-electron chi connectivity index (χ0n) is 15.9. The lowest BCUT2D eigenvalue weighted by molar-refractivity contribution is 0.0780. The molecule has 4 nitrogen and oxygen atoms in total. The molecule has 2 aromatic carbocycles. The Kier molecular flexibility index (Phi) is 4.40. The number of hydrogen-bond donors (Lipinski definition) is 0. The summed E-state index contributed by atoms with van der Waals surface area (Å²) in [6.45, 7) is 4.04. The first kappa shape index (κ1) is 17.4. The first-order valence-electron chi connectivity index (χ1n) is 10.1. The van der Waals surface area contributed by atoms with Crippen LogP contribution in [0.4, 0.5) is 4.39 Å². The van der Waals surface area contributed by atoms with Gasteiger partial charge in [-0.3, -0.25) is 9.69 Å². The van der Waals surface area contributed by atoms with Gasteiger partial charge in [-0.1, -0.05) is 0 Å². The molecule has 1 atom stereocenters. The van der Waals surface area contributed by atoms with Gasteiger partial charge in [0.2, 0.25) is 0 Å². The molecule has 0 saturated carbocycles. The van der Waals surface area contributed by atoms with Gasteiger partial charge in [0.25, 0.3) is 5.91 Å². The fourth-order valence-electron chi connectivity index (χ4n) is 4.62. The molecular formula is C23H24FN3O. The quantitative estimate of drug-likeness (QED) is 0.688. The largest absolute Gasteiger partial charge is 0.337 e. The SMILES string of the molecule is O=C(c1ccc(-n2ccc3cc(F)ccc32)cc1)N1CC[C@H](N2CCCC2)C1. The van der Waals surface area contributed by atoms with E-state index in [9.17, 15) is 9.18 Å². The predicted molar refractivity (Wildman–Crippen MR) is 108 cm³/mol. The molecule has 3 heterocycles. The molecule has 0 radical (unpaired) electrons. The van der Waals surface area contributed by atoms with E-state index in [0.29, 0.717) is 6.04 Å². The number of halogens is 1. The molecule has 5 heteroatoms. The monoisotopic (exact) mass is 377 g/mol. The third-order valence-corrected chi connectivity index (χ3v) is 6.15. The van der Waals surface area contributed by atoms with E-state index in [1.807, 2.05) is 46.0 Å². The summed E-state index contributed by atoms with van der Waals surface area (Å²) in [5, 5.41) is 0.866. The zero-order valence-corrected chi connectivity index (χ0v) is 15.9. The maximum Gasteiger partial charge on any atom is 0.253 e. The molecule has 0 bridgehead atoms. The number of carbonyl (C=O) groups is 1. The van der Waals surface area contributed by atoms with Crippen molar-refractivity contribution in [2.75, 3.05) is 26.2 Å². The standard InChI is InChI=1S/C23H24FN3O/c24-19-5-8-22-18(15-19)9-14-27(22)20-6-3-17(4-7-20)23(28)26-13-10-21(16-26)25-11-1-2-12-25/h3-9,14-15,21H,1-2,10-13,16H2/t21-/m0/s1. The van der Waals surface area contributed by atoms with Gasteiger partial charge < -0.3 is 9.47 Å². The van der Waals surface area contributed by atoms with Crippen molar-refractivity contribution in [3.8, 4) is 5.69 Å². The molecule has 28 heavy (non-hydrogen) atoms. The summed E-state index contributed by atoms with van der Waals surface area (Å²) >= 11 is 0. The summed E-state index contributed by atoms with van der Waals surface area (Å²) in [5.74, 6) is -0.114. The van der Waals surface area contributed by atoms with Crippen LogP contribution in [0.2, 0.25) is 0 Å². The summed E-state index contributed by atoms with van der Waals surface area (Å²) in [6, 6.07) is 14.9. The summed E-state index contributed by atoms with van der Waals surface area (Å²) < 4.78 is 15.4. The molecule has 0 aliphatic carbocycles. The van der Waals surface area contributed by atoms with Gasteiger partial charge in [-0.2, -0.15) is 0 Å². The van der Waals surface area contributed by atoms with E-state index >= 15 is 0 Å². The van der Waals surface area contributed by atoms with Crippen LogP contribution >= 0.6 is 0 Å². The Hall–Kier alpha value is -2.66. The fraction of sp³-hybridized carbons (Fsp3) is 0.348. The van der Waals surface area contributed by atoms with Crippen LogP contribution in [0.25, 0.3) is 16.6 Å². The average Bonchev–Trinajstić information content (AvgIpc) is 3.46. The lowest BCUT2D eigenvalue weighted by Gasteiger charge is -2.23. The van der Waals surface area contributed by atoms with E-state index < -0.39 is 0 Å². The van der Waals surface area contributed by atoms with Crippen LogP contribution in [0.5, 0.6) is 0 Å². The normalized spacial score (nSPS) is 20.3. The zero-order chi connectivity index (χ0) is 19.1. The van der Waals surface area contributed by atoms with Crippen LogP contribution in [-0.2, 0) is 0 Å². The van der Waals surface area contributed by atoms with Crippen molar-refractivity contribution in [3.63, 3.8) is 0 Å². The number of rotatable bonds is 3. The van der Waals surface area contributed by atoms with Crippen molar-refractivity contribution < 1.29 is 9.18 Å². The number of hydrogen-bond acceptors (Lipinski definition) is 2. The first-order chi connectivity index (χ1) is 13.7. The van der Waals surface area contributed by atoms with E-state index in [-0.39, 0.29) is 11.7 Å². The Bertz CT molecular complexity index is 1000. The molecule has 3 aromatic rings. The van der Waals surface area contributed by atoms with Crippen LogP contribution in [0.3, 0.4) is 0 Å². The summed E-state index contributed by atoms with van der Waals surface area (Å²) in [5.41, 5.74) is 2.65. The summed E-state index contributed by atoms with van der Waals surface area (Å²) in [6.07, 6.45) is 5.58. The van der Waals surface area contributed by atoms with Gasteiger partial charge in [-0.15, -0.1) is 0 Å². The molecule has 2 aliphatic rings. The lowest BCUT2D eigenvalue weighted by atomic mass is 10.1. The Balaban J connectivity index is 1.32. The van der Waals surface area contributed by atoms with Gasteiger partial charge in [-0.25, -0.2) is 4.39 Å². The number of amides is 1. The van der Waals surface area contributed by atoms with Crippen molar-refractivity contribution >= 4 is 16.8 Å². The van der Waals surface area contributed by atoms with Crippen molar-refractivity contribution in [1.29, 1.82) is 0 Å². The number of aromatic nitrogens is 1. The van der Waals surface area contributed by atoms with Gasteiger partial charge in [0, 0.05) is 42.0 Å². The molecule has 1 amide bonds. The Labute approximate surface area is 164 Å². The third-order valence-electron chi connectivity index (χ3n) is 6.15. The van der Waals surface area contributed by atoms with Gasteiger partial charge in [0.1, 0.15) is 5.82 Å². The highest BCUT2D eigenvalue weighted by Gasteiger charge is 2.31. The maximum atomic E-state index is 13.4. The number of benzene rings is 2. The highest BCUT2D eigenvalue weighted by atomic mass is 19.1. The smallest absolute Gasteiger partial charge is 0.253 e. The second kappa shape index (κ2) is 7.06. The molecule has 2 fully saturated rings. The lowest BCUT2D eigenvalue weighted by Crippen LogP contribution is -2.37. The summed E-state index contributed by atoms with van der Waals surface area (Å²) in [7, 11) is 0. The van der Waals surface area contributed by atoms with Crippen molar-refractivity contribution in [2.24, 2.45) is 0 Å². The van der Waals surface area contributed by atoms with E-state index in [0.717, 1.165) is 41.7 Å². The van der Waals surface area contributed by atoms with Crippen LogP contribution in [0.1, 0.15) is 29.6 Å². The van der Waals surface area contributed by atoms with Crippen LogP contribution in [0, 0.1) is 5.82 Å². The second-order valence-corrected chi connectivity index (χ2v) is 7.87. The molecule has 5 rings (SSSR count). The van der Waals surface area contributed by atoms with E-state index in [4.69, 9.17) is 0 Å².